The van der Waals surface area contributed by atoms with E-state index in [0.29, 0.717) is 5.56 Å². The molecule has 2 aliphatic carbocycles. The van der Waals surface area contributed by atoms with Crippen LogP contribution in [-0.4, -0.2) is 47.2 Å². The lowest BCUT2D eigenvalue weighted by Crippen LogP contribution is -2.60. The topological polar surface area (TPSA) is 55.8 Å². The number of piperidine rings is 1. The summed E-state index contributed by atoms with van der Waals surface area (Å²) in [6.07, 6.45) is 4.04. The van der Waals surface area contributed by atoms with Crippen molar-refractivity contribution in [3.8, 4) is 0 Å². The molecule has 1 aromatic carbocycles. The van der Waals surface area contributed by atoms with Gasteiger partial charge in [-0.1, -0.05) is 0 Å². The number of hydrogen-bond acceptors (Lipinski definition) is 5. The third kappa shape index (κ3) is 5.38. The van der Waals surface area contributed by atoms with E-state index in [1.807, 2.05) is 6.07 Å². The highest BCUT2D eigenvalue weighted by atomic mass is 127. The Balaban J connectivity index is 1.35. The van der Waals surface area contributed by atoms with Crippen molar-refractivity contribution in [1.82, 2.24) is 4.90 Å². The van der Waals surface area contributed by atoms with Gasteiger partial charge in [-0.05, 0) is 146 Å². The van der Waals surface area contributed by atoms with Gasteiger partial charge in [0.05, 0.1) is 11.5 Å². The van der Waals surface area contributed by atoms with E-state index < -0.39 is 0 Å². The van der Waals surface area contributed by atoms with Gasteiger partial charge in [-0.3, -0.25) is 9.69 Å². The van der Waals surface area contributed by atoms with E-state index in [-0.39, 0.29) is 53.0 Å². The molecule has 4 atom stereocenters. The van der Waals surface area contributed by atoms with Crippen LogP contribution in [0.2, 0.25) is 0 Å². The first-order chi connectivity index (χ1) is 15.3. The van der Waals surface area contributed by atoms with Gasteiger partial charge in [0.15, 0.2) is 0 Å². The van der Waals surface area contributed by atoms with Gasteiger partial charge in [0.25, 0.3) is 0 Å². The van der Waals surface area contributed by atoms with E-state index in [0.717, 1.165) is 42.8 Å². The highest BCUT2D eigenvalue weighted by Gasteiger charge is 2.52. The Morgan fingerprint density at radius 1 is 0.939 bits per heavy atom. The molecule has 2 saturated carbocycles. The summed E-state index contributed by atoms with van der Waals surface area (Å²) >= 11 is 6.70. The summed E-state index contributed by atoms with van der Waals surface area (Å²) in [5.41, 5.74) is 0.620. The van der Waals surface area contributed by atoms with Crippen LogP contribution in [0, 0.1) is 28.5 Å². The van der Waals surface area contributed by atoms with Crippen LogP contribution in [0.1, 0.15) is 70.2 Å². The smallest absolute Gasteiger partial charge is 0.339 e. The van der Waals surface area contributed by atoms with Crippen molar-refractivity contribution in [3.05, 3.63) is 28.4 Å². The normalized spacial score (nSPS) is 30.9. The molecule has 182 valence electrons. The highest BCUT2D eigenvalue weighted by molar-refractivity contribution is 14.1. The molecule has 5 nitrogen and oxygen atoms in total. The van der Waals surface area contributed by atoms with Crippen LogP contribution in [0.15, 0.2) is 12.1 Å². The Bertz CT molecular complexity index is 945. The first kappa shape index (κ1) is 26.4. The third-order valence-corrected chi connectivity index (χ3v) is 11.8. The molecule has 33 heavy (non-hydrogen) atoms. The van der Waals surface area contributed by atoms with E-state index in [1.165, 1.54) is 0 Å². The minimum Gasteiger partial charge on any atom is -0.462 e. The molecular formula is C25H32I3NO4. The van der Waals surface area contributed by atoms with E-state index in [9.17, 15) is 9.59 Å². The maximum absolute atomic E-state index is 13.1. The van der Waals surface area contributed by atoms with Crippen LogP contribution in [0.5, 0.6) is 0 Å². The fraction of sp³-hybridized carbons (Fsp3) is 0.680. The van der Waals surface area contributed by atoms with Gasteiger partial charge in [0, 0.05) is 34.6 Å². The van der Waals surface area contributed by atoms with Crippen molar-refractivity contribution >= 4 is 79.7 Å². The molecule has 2 bridgehead atoms. The molecule has 1 aromatic rings. The zero-order chi connectivity index (χ0) is 24.3. The number of nitrogens with zero attached hydrogens (tertiary/aromatic N) is 1. The Hall–Kier alpha value is 0.310. The van der Waals surface area contributed by atoms with Gasteiger partial charge in [-0.15, -0.1) is 0 Å². The minimum absolute atomic E-state index is 0.00867. The summed E-state index contributed by atoms with van der Waals surface area (Å²) in [5.74, 6) is 0.150. The third-order valence-electron chi connectivity index (χ3n) is 8.12. The molecule has 4 unspecified atom stereocenters. The second-order valence-corrected chi connectivity index (χ2v) is 14.7. The molecule has 0 amide bonds. The standard InChI is InChI=1S/C25H32I3NO4/c1-24(2)11-16(12-25(3,4)29(24)5)32-22(30)17-7-14-6-13(17)8-20(14)33-23(31)18-9-15(26)10-19(27)21(18)28/h9-10,13-14,16-17,20H,6-8,11-12H2,1-5H3. The quantitative estimate of drug-likeness (QED) is 0.205. The molecule has 0 radical (unpaired) electrons. The van der Waals surface area contributed by atoms with Crippen molar-refractivity contribution < 1.29 is 19.1 Å². The lowest BCUT2D eigenvalue weighted by molar-refractivity contribution is -0.166. The van der Waals surface area contributed by atoms with Crippen LogP contribution in [0.25, 0.3) is 0 Å². The Morgan fingerprint density at radius 3 is 2.15 bits per heavy atom. The van der Waals surface area contributed by atoms with Gasteiger partial charge in [0.2, 0.25) is 0 Å². The number of carbonyl (C=O) groups excluding carboxylic acids is 2. The van der Waals surface area contributed by atoms with Crippen molar-refractivity contribution in [3.63, 3.8) is 0 Å². The molecular weight excluding hydrogens is 759 g/mol. The van der Waals surface area contributed by atoms with Gasteiger partial charge in [-0.25, -0.2) is 4.79 Å². The van der Waals surface area contributed by atoms with Gasteiger partial charge in [-0.2, -0.15) is 0 Å². The molecule has 4 rings (SSSR count). The van der Waals surface area contributed by atoms with Crippen LogP contribution in [0.4, 0.5) is 0 Å². The number of esters is 2. The summed E-state index contributed by atoms with van der Waals surface area (Å²) in [4.78, 5) is 28.4. The first-order valence-corrected chi connectivity index (χ1v) is 14.8. The molecule has 1 saturated heterocycles. The largest absolute Gasteiger partial charge is 0.462 e. The van der Waals surface area contributed by atoms with Gasteiger partial charge < -0.3 is 9.47 Å². The average Bonchev–Trinajstić information content (AvgIpc) is 3.28. The Labute approximate surface area is 237 Å². The van der Waals surface area contributed by atoms with E-state index in [4.69, 9.17) is 9.47 Å². The number of likely N-dealkylation sites (tertiary alicyclic amines) is 1. The fourth-order valence-electron chi connectivity index (χ4n) is 6.18. The zero-order valence-electron chi connectivity index (χ0n) is 19.8. The maximum atomic E-state index is 13.1. The number of rotatable bonds is 4. The van der Waals surface area contributed by atoms with E-state index in [1.54, 1.807) is 0 Å². The summed E-state index contributed by atoms with van der Waals surface area (Å²) < 4.78 is 15.1. The summed E-state index contributed by atoms with van der Waals surface area (Å²) in [6, 6.07) is 3.95. The first-order valence-electron chi connectivity index (χ1n) is 11.6. The van der Waals surface area contributed by atoms with Crippen LogP contribution in [-0.2, 0) is 14.3 Å². The van der Waals surface area contributed by atoms with Crippen molar-refractivity contribution in [1.29, 1.82) is 0 Å². The number of hydrogen-bond donors (Lipinski definition) is 0. The van der Waals surface area contributed by atoms with Gasteiger partial charge in [0.1, 0.15) is 12.2 Å². The number of benzene rings is 1. The van der Waals surface area contributed by atoms with Crippen LogP contribution in [0.3, 0.4) is 0 Å². The Morgan fingerprint density at radius 2 is 1.58 bits per heavy atom. The molecule has 1 aliphatic heterocycles. The minimum atomic E-state index is -0.247. The summed E-state index contributed by atoms with van der Waals surface area (Å²) in [6.45, 7) is 8.89. The second kappa shape index (κ2) is 9.64. The van der Waals surface area contributed by atoms with E-state index >= 15 is 0 Å². The SMILES string of the molecule is CN1C(C)(C)CC(OC(=O)C2CC3CC2CC3OC(=O)c2cc(I)cc(I)c2I)CC1(C)C. The molecule has 0 spiro atoms. The van der Waals surface area contributed by atoms with Crippen LogP contribution < -0.4 is 0 Å². The van der Waals surface area contributed by atoms with Crippen molar-refractivity contribution in [2.24, 2.45) is 17.8 Å². The van der Waals surface area contributed by atoms with Crippen molar-refractivity contribution in [2.45, 2.75) is 83.1 Å². The Kier molecular flexibility index (Phi) is 7.71. The molecule has 8 heteroatoms. The number of carbonyl (C=O) groups is 2. The van der Waals surface area contributed by atoms with E-state index in [2.05, 4.69) is 113 Å². The molecule has 0 N–H and O–H groups in total. The van der Waals surface area contributed by atoms with Crippen molar-refractivity contribution in [2.75, 3.05) is 7.05 Å². The maximum Gasteiger partial charge on any atom is 0.339 e. The summed E-state index contributed by atoms with van der Waals surface area (Å²) in [5, 5.41) is 0. The highest BCUT2D eigenvalue weighted by Crippen LogP contribution is 2.51. The second-order valence-electron chi connectivity index (χ2n) is 11.2. The number of fused-ring (bicyclic) bond motifs is 2. The monoisotopic (exact) mass is 791 g/mol. The number of ether oxygens (including phenoxy) is 2. The zero-order valence-corrected chi connectivity index (χ0v) is 26.3. The summed E-state index contributed by atoms with van der Waals surface area (Å²) in [7, 11) is 2.16. The lowest BCUT2D eigenvalue weighted by atomic mass is 9.78. The number of halogens is 3. The van der Waals surface area contributed by atoms with Gasteiger partial charge >= 0.3 is 11.9 Å². The molecule has 0 aromatic heterocycles. The average molecular weight is 791 g/mol. The molecule has 3 aliphatic rings. The fourth-order valence-corrected chi connectivity index (χ4v) is 8.55. The predicted molar refractivity (Wildman–Crippen MR) is 153 cm³/mol. The molecule has 3 fully saturated rings. The molecule has 1 heterocycles. The van der Waals surface area contributed by atoms with Crippen LogP contribution >= 0.6 is 67.8 Å². The lowest BCUT2D eigenvalue weighted by Gasteiger charge is -2.53. The predicted octanol–water partition coefficient (Wildman–Crippen LogP) is 6.27.